The lowest BCUT2D eigenvalue weighted by Crippen LogP contribution is -2.67. The van der Waals surface area contributed by atoms with Gasteiger partial charge in [0.2, 0.25) is 0 Å². The van der Waals surface area contributed by atoms with Crippen molar-refractivity contribution in [3.63, 3.8) is 0 Å². The van der Waals surface area contributed by atoms with E-state index in [4.69, 9.17) is 14.9 Å². The van der Waals surface area contributed by atoms with E-state index in [1.807, 2.05) is 18.2 Å². The number of piperidine rings is 3. The summed E-state index contributed by atoms with van der Waals surface area (Å²) in [6.07, 6.45) is 2.55. The molecule has 3 aliphatic rings. The maximum absolute atomic E-state index is 12.4. The fourth-order valence-electron chi connectivity index (χ4n) is 6.32. The molecule has 0 aliphatic carbocycles. The molecule has 3 fully saturated rings. The Bertz CT molecular complexity index is 1150. The van der Waals surface area contributed by atoms with Crippen molar-refractivity contribution in [2.45, 2.75) is 44.3 Å². The van der Waals surface area contributed by atoms with Crippen molar-refractivity contribution in [3.8, 4) is 0 Å². The van der Waals surface area contributed by atoms with Crippen molar-refractivity contribution >= 4 is 11.9 Å². The van der Waals surface area contributed by atoms with Crippen molar-refractivity contribution in [1.29, 1.82) is 0 Å². The molecule has 212 valence electrons. The Morgan fingerprint density at radius 3 is 1.57 bits per heavy atom. The van der Waals surface area contributed by atoms with Crippen LogP contribution in [0.5, 0.6) is 0 Å². The molecule has 0 radical (unpaired) electrons. The number of ether oxygens (including phenoxy) is 1. The van der Waals surface area contributed by atoms with E-state index >= 15 is 0 Å². The highest BCUT2D eigenvalue weighted by Gasteiger charge is 2.60. The Kier molecular flexibility index (Phi) is 9.74. The molecule has 40 heavy (non-hydrogen) atoms. The smallest absolute Gasteiger partial charge is 0.303 e. The van der Waals surface area contributed by atoms with Gasteiger partial charge in [0.15, 0.2) is 0 Å². The molecule has 3 aromatic rings. The fourth-order valence-corrected chi connectivity index (χ4v) is 6.32. The molecule has 0 aromatic heterocycles. The second kappa shape index (κ2) is 13.2. The van der Waals surface area contributed by atoms with Crippen LogP contribution in [0.3, 0.4) is 0 Å². The summed E-state index contributed by atoms with van der Waals surface area (Å²) in [5, 5.41) is 28.2. The predicted molar refractivity (Wildman–Crippen MR) is 152 cm³/mol. The summed E-state index contributed by atoms with van der Waals surface area (Å²) in [7, 11) is 0. The van der Waals surface area contributed by atoms with Gasteiger partial charge in [0.25, 0.3) is 0 Å². The summed E-state index contributed by atoms with van der Waals surface area (Å²) < 4.78 is 7.17. The third-order valence-corrected chi connectivity index (χ3v) is 8.72. The summed E-state index contributed by atoms with van der Waals surface area (Å²) in [6, 6.07) is 31.1. The SMILES string of the molecule is O=C(O)CCC(=O)O.OC(c1ccccc1)(c1ccccc1)C12CC[N+](CCOCc3ccccc3)(CC1)CC2. The van der Waals surface area contributed by atoms with E-state index in [2.05, 4.69) is 72.8 Å². The number of hydrogen-bond donors (Lipinski definition) is 3. The Hall–Kier alpha value is -3.52. The highest BCUT2D eigenvalue weighted by molar-refractivity contribution is 5.75. The molecule has 0 saturated carbocycles. The van der Waals surface area contributed by atoms with Gasteiger partial charge in [0.05, 0.1) is 45.7 Å². The first-order valence-corrected chi connectivity index (χ1v) is 14.0. The fraction of sp³-hybridized carbons (Fsp3) is 0.394. The van der Waals surface area contributed by atoms with Gasteiger partial charge in [0, 0.05) is 24.7 Å². The zero-order valence-electron chi connectivity index (χ0n) is 23.0. The highest BCUT2D eigenvalue weighted by Crippen LogP contribution is 2.57. The van der Waals surface area contributed by atoms with Gasteiger partial charge in [-0.2, -0.15) is 0 Å². The van der Waals surface area contributed by atoms with Gasteiger partial charge < -0.3 is 24.5 Å². The lowest BCUT2D eigenvalue weighted by molar-refractivity contribution is -0.946. The first-order chi connectivity index (χ1) is 19.3. The number of carboxylic acids is 2. The summed E-state index contributed by atoms with van der Waals surface area (Å²) in [6.45, 7) is 5.91. The molecule has 3 saturated heterocycles. The quantitative estimate of drug-likeness (QED) is 0.229. The van der Waals surface area contributed by atoms with Crippen molar-refractivity contribution < 1.29 is 34.1 Å². The van der Waals surface area contributed by atoms with Crippen LogP contribution in [-0.4, -0.2) is 64.5 Å². The molecule has 7 heteroatoms. The summed E-state index contributed by atoms with van der Waals surface area (Å²) in [5.41, 5.74) is 2.23. The summed E-state index contributed by atoms with van der Waals surface area (Å²) in [4.78, 5) is 19.3. The van der Waals surface area contributed by atoms with Gasteiger partial charge in [-0.05, 0) is 16.7 Å². The molecule has 3 aliphatic heterocycles. The topological polar surface area (TPSA) is 104 Å². The van der Waals surface area contributed by atoms with Crippen molar-refractivity contribution in [1.82, 2.24) is 0 Å². The predicted octanol–water partition coefficient (Wildman–Crippen LogP) is 5.08. The van der Waals surface area contributed by atoms with Gasteiger partial charge in [-0.15, -0.1) is 0 Å². The highest BCUT2D eigenvalue weighted by atomic mass is 16.5. The average molecular weight is 547 g/mol. The number of benzene rings is 3. The molecule has 6 rings (SSSR count). The molecule has 3 aromatic carbocycles. The molecule has 3 N–H and O–H groups in total. The monoisotopic (exact) mass is 546 g/mol. The van der Waals surface area contributed by atoms with Crippen LogP contribution in [0, 0.1) is 5.41 Å². The normalized spacial score (nSPS) is 21.7. The van der Waals surface area contributed by atoms with Gasteiger partial charge in [-0.1, -0.05) is 91.0 Å². The molecule has 2 bridgehead atoms. The standard InChI is InChI=1S/C29H34NO2.C4H6O4/c31-29(26-12-6-2-7-13-26,27-14-8-3-9-15-27)28-16-19-30(20-17-28,21-18-28)22-23-32-24-25-10-4-1-5-11-25;5-3(6)1-2-4(7)8/h1-15,31H,16-24H2;1-2H2,(H,5,6)(H,7,8)/q+1;. The largest absolute Gasteiger partial charge is 0.481 e. The van der Waals surface area contributed by atoms with E-state index in [0.717, 1.165) is 67.7 Å². The van der Waals surface area contributed by atoms with Gasteiger partial charge in [-0.3, -0.25) is 9.59 Å². The van der Waals surface area contributed by atoms with E-state index in [9.17, 15) is 14.7 Å². The van der Waals surface area contributed by atoms with Crippen molar-refractivity contribution in [2.75, 3.05) is 32.8 Å². The third kappa shape index (κ3) is 6.78. The van der Waals surface area contributed by atoms with Crippen LogP contribution in [0.25, 0.3) is 0 Å². The van der Waals surface area contributed by atoms with Gasteiger partial charge in [0.1, 0.15) is 12.1 Å². The van der Waals surface area contributed by atoms with E-state index in [1.165, 1.54) is 5.56 Å². The number of carboxylic acid groups (broad SMARTS) is 2. The van der Waals surface area contributed by atoms with Crippen molar-refractivity contribution in [2.24, 2.45) is 5.41 Å². The van der Waals surface area contributed by atoms with E-state index in [0.29, 0.717) is 6.61 Å². The van der Waals surface area contributed by atoms with Crippen LogP contribution in [-0.2, 0) is 26.5 Å². The van der Waals surface area contributed by atoms with Gasteiger partial charge in [-0.25, -0.2) is 0 Å². The minimum Gasteiger partial charge on any atom is -0.481 e. The van der Waals surface area contributed by atoms with Crippen LogP contribution < -0.4 is 0 Å². The number of nitrogens with zero attached hydrogens (tertiary/aromatic N) is 1. The van der Waals surface area contributed by atoms with Crippen LogP contribution in [0.4, 0.5) is 0 Å². The molecule has 0 unspecified atom stereocenters. The molecule has 0 atom stereocenters. The molecule has 0 amide bonds. The number of rotatable bonds is 11. The third-order valence-electron chi connectivity index (χ3n) is 8.72. The Labute approximate surface area is 236 Å². The Morgan fingerprint density at radius 1 is 0.725 bits per heavy atom. The van der Waals surface area contributed by atoms with E-state index < -0.39 is 17.5 Å². The molecule has 0 spiro atoms. The minimum atomic E-state index is -1.08. The molecule has 7 nitrogen and oxygen atoms in total. The van der Waals surface area contributed by atoms with Crippen molar-refractivity contribution in [3.05, 3.63) is 108 Å². The lowest BCUT2D eigenvalue weighted by atomic mass is 9.56. The Morgan fingerprint density at radius 2 is 1.15 bits per heavy atom. The maximum atomic E-state index is 12.4. The maximum Gasteiger partial charge on any atom is 0.303 e. The van der Waals surface area contributed by atoms with Crippen LogP contribution >= 0.6 is 0 Å². The summed E-state index contributed by atoms with van der Waals surface area (Å²) >= 11 is 0. The van der Waals surface area contributed by atoms with E-state index in [1.54, 1.807) is 0 Å². The number of aliphatic hydroxyl groups is 1. The lowest BCUT2D eigenvalue weighted by Gasteiger charge is -2.60. The zero-order chi connectivity index (χ0) is 28.5. The van der Waals surface area contributed by atoms with Gasteiger partial charge >= 0.3 is 11.9 Å². The minimum absolute atomic E-state index is 0.111. The Balaban J connectivity index is 0.000000406. The molecular weight excluding hydrogens is 506 g/mol. The van der Waals surface area contributed by atoms with E-state index in [-0.39, 0.29) is 18.3 Å². The second-order valence-electron chi connectivity index (χ2n) is 11.0. The molecular formula is C33H40NO6+. The first-order valence-electron chi connectivity index (χ1n) is 14.0. The first kappa shape index (κ1) is 29.5. The molecule has 3 heterocycles. The number of hydrogen-bond acceptors (Lipinski definition) is 4. The average Bonchev–Trinajstić information content (AvgIpc) is 3.00. The summed E-state index contributed by atoms with van der Waals surface area (Å²) in [5.74, 6) is -2.15. The number of carbonyl (C=O) groups is 2. The number of fused-ring (bicyclic) bond motifs is 3. The number of aliphatic carboxylic acids is 2. The second-order valence-corrected chi connectivity index (χ2v) is 11.0. The van der Waals surface area contributed by atoms with Crippen LogP contribution in [0.15, 0.2) is 91.0 Å². The van der Waals surface area contributed by atoms with Crippen LogP contribution in [0.2, 0.25) is 0 Å². The zero-order valence-corrected chi connectivity index (χ0v) is 23.0. The van der Waals surface area contributed by atoms with Crippen LogP contribution in [0.1, 0.15) is 48.8 Å². The number of quaternary nitrogens is 1.